The Morgan fingerprint density at radius 2 is 1.38 bits per heavy atom. The average molecular weight is 210 g/mol. The van der Waals surface area contributed by atoms with Crippen LogP contribution in [-0.4, -0.2) is 23.1 Å². The fourth-order valence-electron chi connectivity index (χ4n) is 0.691. The summed E-state index contributed by atoms with van der Waals surface area (Å²) >= 11 is 0. The third-order valence-electron chi connectivity index (χ3n) is 1.40. The van der Waals surface area contributed by atoms with Gasteiger partial charge in [0.05, 0.1) is 0 Å². The lowest BCUT2D eigenvalue weighted by atomic mass is 10.1. The third kappa shape index (κ3) is 2.26. The summed E-state index contributed by atoms with van der Waals surface area (Å²) in [7, 11) is 0. The molecule has 0 radical (unpaired) electrons. The van der Waals surface area contributed by atoms with Gasteiger partial charge in [-0.1, -0.05) is 13.3 Å². The molecular formula is C6H8F6O. The van der Waals surface area contributed by atoms with E-state index in [1.165, 1.54) is 0 Å². The second-order valence-corrected chi connectivity index (χ2v) is 2.57. The van der Waals surface area contributed by atoms with Crippen molar-refractivity contribution in [3.05, 3.63) is 0 Å². The normalized spacial score (nSPS) is 14.8. The molecule has 0 rings (SSSR count). The summed E-state index contributed by atoms with van der Waals surface area (Å²) in [6.45, 7) is 1.14. The first-order chi connectivity index (χ1) is 5.56. The Balaban J connectivity index is 4.81. The summed E-state index contributed by atoms with van der Waals surface area (Å²) in [6.07, 6.45) is -7.50. The SMILES string of the molecule is CCCC(F)(F)C(F)(F)C(O)(F)F. The molecule has 7 heteroatoms. The van der Waals surface area contributed by atoms with Gasteiger partial charge in [-0.2, -0.15) is 26.3 Å². The smallest absolute Gasteiger partial charge is 0.331 e. The van der Waals surface area contributed by atoms with Crippen molar-refractivity contribution in [1.82, 2.24) is 0 Å². The molecule has 0 amide bonds. The molecular weight excluding hydrogens is 202 g/mol. The summed E-state index contributed by atoms with van der Waals surface area (Å²) < 4.78 is 72.2. The van der Waals surface area contributed by atoms with E-state index in [0.717, 1.165) is 6.92 Å². The molecule has 0 atom stereocenters. The minimum Gasteiger partial charge on any atom is -0.331 e. The van der Waals surface area contributed by atoms with E-state index in [1.807, 2.05) is 0 Å². The van der Waals surface area contributed by atoms with Crippen LogP contribution in [0.25, 0.3) is 0 Å². The molecule has 0 aliphatic heterocycles. The van der Waals surface area contributed by atoms with E-state index in [2.05, 4.69) is 0 Å². The molecule has 0 bridgehead atoms. The molecule has 0 aromatic heterocycles. The van der Waals surface area contributed by atoms with Crippen LogP contribution in [0.3, 0.4) is 0 Å². The number of aliphatic hydroxyl groups is 1. The molecule has 0 fully saturated rings. The standard InChI is InChI=1S/C6H8F6O/c1-2-3-4(7,8)5(9,10)6(11,12)13/h13H,2-3H2,1H3. The number of hydrogen-bond donors (Lipinski definition) is 1. The lowest BCUT2D eigenvalue weighted by molar-refractivity contribution is -0.384. The zero-order chi connectivity index (χ0) is 10.9. The molecule has 0 aromatic carbocycles. The van der Waals surface area contributed by atoms with Gasteiger partial charge in [-0.3, -0.25) is 0 Å². The first kappa shape index (κ1) is 12.5. The maximum atomic E-state index is 12.3. The maximum Gasteiger partial charge on any atom is 0.423 e. The van der Waals surface area contributed by atoms with Crippen molar-refractivity contribution in [3.63, 3.8) is 0 Å². The van der Waals surface area contributed by atoms with Crippen molar-refractivity contribution < 1.29 is 31.4 Å². The van der Waals surface area contributed by atoms with Crippen molar-refractivity contribution in [1.29, 1.82) is 0 Å². The van der Waals surface area contributed by atoms with E-state index in [0.29, 0.717) is 0 Å². The monoisotopic (exact) mass is 210 g/mol. The van der Waals surface area contributed by atoms with E-state index >= 15 is 0 Å². The van der Waals surface area contributed by atoms with E-state index in [-0.39, 0.29) is 0 Å². The van der Waals surface area contributed by atoms with Crippen LogP contribution in [0.15, 0.2) is 0 Å². The van der Waals surface area contributed by atoms with Gasteiger partial charge in [0.2, 0.25) is 0 Å². The quantitative estimate of drug-likeness (QED) is 0.707. The minimum atomic E-state index is -5.73. The Morgan fingerprint density at radius 1 is 1.00 bits per heavy atom. The summed E-state index contributed by atoms with van der Waals surface area (Å²) in [5.74, 6) is -10.6. The van der Waals surface area contributed by atoms with Gasteiger partial charge in [-0.15, -0.1) is 0 Å². The molecule has 1 N–H and O–H groups in total. The summed E-state index contributed by atoms with van der Waals surface area (Å²) in [5.41, 5.74) is 0. The number of rotatable bonds is 4. The fourth-order valence-corrected chi connectivity index (χ4v) is 0.691. The Labute approximate surface area is 70.4 Å². The Hall–Kier alpha value is -0.460. The van der Waals surface area contributed by atoms with Crippen molar-refractivity contribution in [3.8, 4) is 0 Å². The molecule has 0 unspecified atom stereocenters. The van der Waals surface area contributed by atoms with Crippen LogP contribution < -0.4 is 0 Å². The van der Waals surface area contributed by atoms with Gasteiger partial charge < -0.3 is 5.11 Å². The largest absolute Gasteiger partial charge is 0.423 e. The van der Waals surface area contributed by atoms with Gasteiger partial charge in [-0.05, 0) is 0 Å². The zero-order valence-electron chi connectivity index (χ0n) is 6.63. The number of alkyl halides is 6. The van der Waals surface area contributed by atoms with Crippen LogP contribution in [0.1, 0.15) is 19.8 Å². The van der Waals surface area contributed by atoms with E-state index in [1.54, 1.807) is 0 Å². The van der Waals surface area contributed by atoms with Gasteiger partial charge in [0.15, 0.2) is 0 Å². The maximum absolute atomic E-state index is 12.3. The number of halogens is 6. The molecule has 0 spiro atoms. The highest BCUT2D eigenvalue weighted by atomic mass is 19.3. The van der Waals surface area contributed by atoms with Crippen LogP contribution >= 0.6 is 0 Å². The van der Waals surface area contributed by atoms with Gasteiger partial charge in [0.1, 0.15) is 0 Å². The van der Waals surface area contributed by atoms with Crippen LogP contribution in [-0.2, 0) is 0 Å². The second-order valence-electron chi connectivity index (χ2n) is 2.57. The highest BCUT2D eigenvalue weighted by molar-refractivity contribution is 4.90. The lowest BCUT2D eigenvalue weighted by Gasteiger charge is -2.28. The summed E-state index contributed by atoms with van der Waals surface area (Å²) in [6, 6.07) is 0. The Bertz CT molecular complexity index is 172. The van der Waals surface area contributed by atoms with Crippen molar-refractivity contribution >= 4 is 0 Å². The first-order valence-electron chi connectivity index (χ1n) is 3.42. The van der Waals surface area contributed by atoms with Gasteiger partial charge >= 0.3 is 18.0 Å². The molecule has 0 heterocycles. The molecule has 80 valence electrons. The van der Waals surface area contributed by atoms with Crippen LogP contribution in [0.5, 0.6) is 0 Å². The van der Waals surface area contributed by atoms with Crippen LogP contribution in [0.4, 0.5) is 26.3 Å². The van der Waals surface area contributed by atoms with E-state index < -0.39 is 30.8 Å². The Kier molecular flexibility index (Phi) is 3.24. The predicted octanol–water partition coefficient (Wildman–Crippen LogP) is 2.64. The molecule has 0 saturated heterocycles. The molecule has 0 aromatic rings. The molecule has 0 aliphatic carbocycles. The molecule has 0 saturated carbocycles. The average Bonchev–Trinajstić information content (AvgIpc) is 1.84. The highest BCUT2D eigenvalue weighted by Gasteiger charge is 2.70. The van der Waals surface area contributed by atoms with Crippen molar-refractivity contribution in [2.45, 2.75) is 37.7 Å². The third-order valence-corrected chi connectivity index (χ3v) is 1.40. The first-order valence-corrected chi connectivity index (χ1v) is 3.42. The van der Waals surface area contributed by atoms with Gasteiger partial charge in [0, 0.05) is 6.42 Å². The summed E-state index contributed by atoms with van der Waals surface area (Å²) in [4.78, 5) is 0. The van der Waals surface area contributed by atoms with Gasteiger partial charge in [-0.25, -0.2) is 0 Å². The molecule has 13 heavy (non-hydrogen) atoms. The van der Waals surface area contributed by atoms with Crippen LogP contribution in [0, 0.1) is 0 Å². The lowest BCUT2D eigenvalue weighted by Crippen LogP contribution is -2.53. The zero-order valence-corrected chi connectivity index (χ0v) is 6.63. The van der Waals surface area contributed by atoms with Crippen molar-refractivity contribution in [2.75, 3.05) is 0 Å². The minimum absolute atomic E-state index is 0.390. The van der Waals surface area contributed by atoms with Crippen molar-refractivity contribution in [2.24, 2.45) is 0 Å². The summed E-state index contributed by atoms with van der Waals surface area (Å²) in [5, 5.41) is 7.54. The van der Waals surface area contributed by atoms with Crippen LogP contribution in [0.2, 0.25) is 0 Å². The fraction of sp³-hybridized carbons (Fsp3) is 1.00. The van der Waals surface area contributed by atoms with Gasteiger partial charge in [0.25, 0.3) is 0 Å². The topological polar surface area (TPSA) is 20.2 Å². The van der Waals surface area contributed by atoms with E-state index in [9.17, 15) is 26.3 Å². The Morgan fingerprint density at radius 3 is 1.62 bits per heavy atom. The molecule has 0 aliphatic rings. The highest BCUT2D eigenvalue weighted by Crippen LogP contribution is 2.46. The number of hydrogen-bond acceptors (Lipinski definition) is 1. The van der Waals surface area contributed by atoms with E-state index in [4.69, 9.17) is 5.11 Å². The second kappa shape index (κ2) is 3.36. The predicted molar refractivity (Wildman–Crippen MR) is 32.0 cm³/mol. The molecule has 1 nitrogen and oxygen atoms in total.